The molecule has 4 heterocycles. The number of hydrogen-bond acceptors (Lipinski definition) is 8. The third-order valence-electron chi connectivity index (χ3n) is 7.90. The lowest BCUT2D eigenvalue weighted by Crippen LogP contribution is -1.94. The summed E-state index contributed by atoms with van der Waals surface area (Å²) in [6.45, 7) is 0. The Hall–Kier alpha value is -7.98. The number of aromatic hydroxyl groups is 2. The number of carboxylic acid groups (broad SMARTS) is 2. The maximum absolute atomic E-state index is 10.7. The van der Waals surface area contributed by atoms with Crippen LogP contribution in [0.1, 0.15) is 43.0 Å². The van der Waals surface area contributed by atoms with Crippen LogP contribution in [0.15, 0.2) is 171 Å². The van der Waals surface area contributed by atoms with Crippen molar-refractivity contribution in [2.45, 2.75) is 0 Å². The predicted octanol–water partition coefficient (Wildman–Crippen LogP) is 9.78. The van der Waals surface area contributed by atoms with Crippen LogP contribution in [0.2, 0.25) is 0 Å². The highest BCUT2D eigenvalue weighted by Gasteiger charge is 2.04. The number of phenols is 2. The van der Waals surface area contributed by atoms with Crippen LogP contribution in [0.3, 0.4) is 0 Å². The van der Waals surface area contributed by atoms with Crippen LogP contribution in [-0.2, 0) is 0 Å². The molecule has 8 aromatic rings. The van der Waals surface area contributed by atoms with Crippen molar-refractivity contribution in [1.29, 1.82) is 0 Å². The highest BCUT2D eigenvalue weighted by atomic mass is 16.4. The Morgan fingerprint density at radius 2 is 0.607 bits per heavy atom. The number of phenolic OH excluding ortho intramolecular Hbond substituents is 2. The summed E-state index contributed by atoms with van der Waals surface area (Å²) in [5.74, 6) is -1.53. The van der Waals surface area contributed by atoms with Gasteiger partial charge in [0, 0.05) is 49.6 Å². The van der Waals surface area contributed by atoms with Gasteiger partial charge in [-0.05, 0) is 141 Å². The van der Waals surface area contributed by atoms with Crippen LogP contribution in [0.4, 0.5) is 0 Å². The Balaban J connectivity index is 0.000000143. The Bertz CT molecular complexity index is 2290. The van der Waals surface area contributed by atoms with E-state index in [1.165, 1.54) is 24.3 Å². The van der Waals surface area contributed by atoms with Crippen LogP contribution in [0.5, 0.6) is 11.5 Å². The number of pyridine rings is 4. The van der Waals surface area contributed by atoms with Gasteiger partial charge >= 0.3 is 11.9 Å². The fourth-order valence-electron chi connectivity index (χ4n) is 5.02. The van der Waals surface area contributed by atoms with Gasteiger partial charge < -0.3 is 20.4 Å². The summed E-state index contributed by atoms with van der Waals surface area (Å²) in [5, 5.41) is 39.2. The summed E-state index contributed by atoms with van der Waals surface area (Å²) in [6, 6.07) is 35.0. The fraction of sp³-hybridized carbons (Fsp3) is 0. The summed E-state index contributed by atoms with van der Waals surface area (Å²) in [5.41, 5.74) is 5.11. The smallest absolute Gasteiger partial charge is 0.335 e. The number of carbonyl (C=O) groups is 2. The van der Waals surface area contributed by atoms with Crippen molar-refractivity contribution in [3.63, 3.8) is 0 Å². The highest BCUT2D eigenvalue weighted by Crippen LogP contribution is 2.22. The number of carboxylic acids is 2. The third kappa shape index (κ3) is 12.6. The Labute approximate surface area is 322 Å². The lowest BCUT2D eigenvalue weighted by molar-refractivity contribution is 0.0686. The molecule has 4 aromatic heterocycles. The Kier molecular flexibility index (Phi) is 14.2. The van der Waals surface area contributed by atoms with E-state index in [0.717, 1.165) is 43.8 Å². The summed E-state index contributed by atoms with van der Waals surface area (Å²) >= 11 is 0. The number of benzene rings is 4. The normalized spacial score (nSPS) is 10.4. The third-order valence-corrected chi connectivity index (χ3v) is 7.90. The van der Waals surface area contributed by atoms with Gasteiger partial charge in [0.1, 0.15) is 11.5 Å². The lowest BCUT2D eigenvalue weighted by atomic mass is 10.1. The number of nitrogens with zero attached hydrogens (tertiary/aromatic N) is 4. The second-order valence-electron chi connectivity index (χ2n) is 11.9. The highest BCUT2D eigenvalue weighted by molar-refractivity contribution is 5.95. The molecule has 56 heavy (non-hydrogen) atoms. The van der Waals surface area contributed by atoms with E-state index in [0.29, 0.717) is 0 Å². The van der Waals surface area contributed by atoms with Crippen molar-refractivity contribution in [2.75, 3.05) is 0 Å². The monoisotopic (exact) mass is 740 g/mol. The molecule has 0 radical (unpaired) electrons. The number of hydrogen-bond donors (Lipinski definition) is 4. The largest absolute Gasteiger partial charge is 0.508 e. The minimum atomic E-state index is -0.944. The lowest BCUT2D eigenvalue weighted by Gasteiger charge is -2.00. The molecule has 0 aliphatic heterocycles. The first-order valence-electron chi connectivity index (χ1n) is 17.1. The topological polar surface area (TPSA) is 167 Å². The van der Waals surface area contributed by atoms with Crippen molar-refractivity contribution in [3.8, 4) is 11.5 Å². The predicted molar refractivity (Wildman–Crippen MR) is 220 cm³/mol. The second-order valence-corrected chi connectivity index (χ2v) is 11.9. The molecule has 0 saturated heterocycles. The second kappa shape index (κ2) is 20.3. The quantitative estimate of drug-likeness (QED) is 0.129. The first kappa shape index (κ1) is 39.2. The average Bonchev–Trinajstić information content (AvgIpc) is 3.24. The zero-order chi connectivity index (χ0) is 39.5. The molecule has 10 nitrogen and oxygen atoms in total. The van der Waals surface area contributed by atoms with Gasteiger partial charge in [0.05, 0.1) is 11.1 Å². The van der Waals surface area contributed by atoms with Gasteiger partial charge in [0.15, 0.2) is 0 Å². The molecule has 4 N–H and O–H groups in total. The SMILES string of the molecule is C(=C\c1ccncc1)/c1ccncc1.C(=C\c1ccncc1)/c1ccncc1.O=C(O)c1ccc2cc(O)ccc2c1.O=C(O)c1ccc2cc(O)ccc2c1. The molecule has 0 spiro atoms. The van der Waals surface area contributed by atoms with Crippen molar-refractivity contribution >= 4 is 57.8 Å². The molecule has 8 rings (SSSR count). The summed E-state index contributed by atoms with van der Waals surface area (Å²) < 4.78 is 0. The number of rotatable bonds is 6. The van der Waals surface area contributed by atoms with Gasteiger partial charge in [-0.3, -0.25) is 19.9 Å². The molecule has 0 aliphatic rings. The van der Waals surface area contributed by atoms with Crippen LogP contribution < -0.4 is 0 Å². The summed E-state index contributed by atoms with van der Waals surface area (Å²) in [7, 11) is 0. The summed E-state index contributed by atoms with van der Waals surface area (Å²) in [4.78, 5) is 37.2. The maximum atomic E-state index is 10.7. The zero-order valence-corrected chi connectivity index (χ0v) is 29.9. The summed E-state index contributed by atoms with van der Waals surface area (Å²) in [6.07, 6.45) is 22.5. The van der Waals surface area contributed by atoms with Crippen molar-refractivity contribution < 1.29 is 30.0 Å². The molecule has 10 heteroatoms. The molecular formula is C46H36N4O6. The Morgan fingerprint density at radius 3 is 0.875 bits per heavy atom. The van der Waals surface area contributed by atoms with Gasteiger partial charge in [-0.1, -0.05) is 48.6 Å². The van der Waals surface area contributed by atoms with Gasteiger partial charge in [-0.15, -0.1) is 0 Å². The van der Waals surface area contributed by atoms with Crippen LogP contribution in [0.25, 0.3) is 45.8 Å². The molecule has 4 aromatic carbocycles. The van der Waals surface area contributed by atoms with Crippen LogP contribution >= 0.6 is 0 Å². The molecular weight excluding hydrogens is 705 g/mol. The molecule has 0 fully saturated rings. The van der Waals surface area contributed by atoms with Gasteiger partial charge in [-0.25, -0.2) is 9.59 Å². The molecule has 0 saturated carbocycles. The average molecular weight is 741 g/mol. The number of aromatic nitrogens is 4. The van der Waals surface area contributed by atoms with Crippen molar-refractivity contribution in [3.05, 3.63) is 204 Å². The van der Waals surface area contributed by atoms with Crippen molar-refractivity contribution in [2.24, 2.45) is 0 Å². The van der Waals surface area contributed by atoms with E-state index in [1.54, 1.807) is 98.1 Å². The molecule has 0 atom stereocenters. The number of fused-ring (bicyclic) bond motifs is 2. The first-order valence-corrected chi connectivity index (χ1v) is 17.1. The minimum Gasteiger partial charge on any atom is -0.508 e. The van der Waals surface area contributed by atoms with Gasteiger partial charge in [0.2, 0.25) is 0 Å². The fourth-order valence-corrected chi connectivity index (χ4v) is 5.02. The number of aromatic carboxylic acids is 2. The molecule has 0 aliphatic carbocycles. The molecule has 0 bridgehead atoms. The van der Waals surface area contributed by atoms with E-state index in [1.807, 2.05) is 48.5 Å². The standard InChI is InChI=1S/2C12H10N2.2C11H8O3/c2*1(11-3-7-13-8-4-11)2-12-5-9-14-10-6-12;2*12-10-4-3-7-5-9(11(13)14)2-1-8(7)6-10/h2*1-10H;2*1-6,12H,(H,13,14)/b2*2-1+;;. The van der Waals surface area contributed by atoms with Crippen molar-refractivity contribution in [1.82, 2.24) is 19.9 Å². The van der Waals surface area contributed by atoms with E-state index >= 15 is 0 Å². The molecule has 276 valence electrons. The van der Waals surface area contributed by atoms with E-state index < -0.39 is 11.9 Å². The molecule has 0 unspecified atom stereocenters. The van der Waals surface area contributed by atoms with Crippen LogP contribution in [0, 0.1) is 0 Å². The van der Waals surface area contributed by atoms with E-state index in [2.05, 4.69) is 44.2 Å². The minimum absolute atomic E-state index is 0.181. The first-order chi connectivity index (χ1) is 27.2. The van der Waals surface area contributed by atoms with E-state index in [4.69, 9.17) is 10.2 Å². The maximum Gasteiger partial charge on any atom is 0.335 e. The Morgan fingerprint density at radius 1 is 0.357 bits per heavy atom. The van der Waals surface area contributed by atoms with Crippen LogP contribution in [-0.4, -0.2) is 52.3 Å². The molecule has 0 amide bonds. The van der Waals surface area contributed by atoms with E-state index in [9.17, 15) is 19.8 Å². The zero-order valence-electron chi connectivity index (χ0n) is 29.9. The van der Waals surface area contributed by atoms with E-state index in [-0.39, 0.29) is 22.6 Å². The van der Waals surface area contributed by atoms with Gasteiger partial charge in [-0.2, -0.15) is 0 Å². The van der Waals surface area contributed by atoms with Gasteiger partial charge in [0.25, 0.3) is 0 Å².